The fourth-order valence-electron chi connectivity index (χ4n) is 2.50. The van der Waals surface area contributed by atoms with E-state index in [9.17, 15) is 13.2 Å². The molecule has 1 heterocycles. The number of aromatic nitrogens is 2. The van der Waals surface area contributed by atoms with Crippen molar-refractivity contribution in [3.05, 3.63) is 78.1 Å². The van der Waals surface area contributed by atoms with Gasteiger partial charge in [0.2, 0.25) is 10.0 Å². The van der Waals surface area contributed by atoms with Crippen molar-refractivity contribution in [2.45, 2.75) is 17.9 Å². The Hall–Kier alpha value is -2.97. The van der Waals surface area contributed by atoms with Gasteiger partial charge in [0.25, 0.3) is 5.91 Å². The highest BCUT2D eigenvalue weighted by Gasteiger charge is 2.13. The van der Waals surface area contributed by atoms with Gasteiger partial charge in [-0.1, -0.05) is 12.1 Å². The SMILES string of the molecule is CC(NC(=O)c1ccc(-n2cccn2)cc1)c1ccc(S(N)(=O)=O)cc1. The molecule has 3 aromatic rings. The van der Waals surface area contributed by atoms with Gasteiger partial charge in [0.15, 0.2) is 0 Å². The second kappa shape index (κ2) is 7.11. The van der Waals surface area contributed by atoms with Crippen molar-refractivity contribution < 1.29 is 13.2 Å². The fraction of sp³-hybridized carbons (Fsp3) is 0.111. The Bertz CT molecular complexity index is 996. The number of hydrogen-bond acceptors (Lipinski definition) is 4. The van der Waals surface area contributed by atoms with Crippen LogP contribution in [-0.4, -0.2) is 24.1 Å². The van der Waals surface area contributed by atoms with Gasteiger partial charge in [-0.2, -0.15) is 5.10 Å². The summed E-state index contributed by atoms with van der Waals surface area (Å²) in [5.41, 5.74) is 2.16. The number of hydrogen-bond donors (Lipinski definition) is 2. The lowest BCUT2D eigenvalue weighted by atomic mass is 10.1. The highest BCUT2D eigenvalue weighted by Crippen LogP contribution is 2.16. The molecule has 0 radical (unpaired) electrons. The number of amides is 1. The quantitative estimate of drug-likeness (QED) is 0.716. The smallest absolute Gasteiger partial charge is 0.251 e. The van der Waals surface area contributed by atoms with Crippen molar-refractivity contribution in [1.82, 2.24) is 15.1 Å². The minimum atomic E-state index is -3.73. The third-order valence-electron chi connectivity index (χ3n) is 3.95. The molecule has 0 fully saturated rings. The van der Waals surface area contributed by atoms with Crippen LogP contribution in [0, 0.1) is 0 Å². The maximum Gasteiger partial charge on any atom is 0.251 e. The molecule has 1 atom stereocenters. The Morgan fingerprint density at radius 3 is 2.31 bits per heavy atom. The zero-order valence-corrected chi connectivity index (χ0v) is 14.8. The van der Waals surface area contributed by atoms with E-state index >= 15 is 0 Å². The summed E-state index contributed by atoms with van der Waals surface area (Å²) in [6, 6.07) is 14.7. The van der Waals surface area contributed by atoms with E-state index in [0.717, 1.165) is 11.3 Å². The normalized spacial score (nSPS) is 12.5. The third-order valence-corrected chi connectivity index (χ3v) is 4.88. The first-order chi connectivity index (χ1) is 12.3. The average Bonchev–Trinajstić information content (AvgIpc) is 3.16. The number of nitrogens with two attached hydrogens (primary N) is 1. The summed E-state index contributed by atoms with van der Waals surface area (Å²) in [5, 5.41) is 12.1. The van der Waals surface area contributed by atoms with Crippen LogP contribution in [0.2, 0.25) is 0 Å². The standard InChI is InChI=1S/C18H18N4O3S/c1-13(14-5-9-17(10-6-14)26(19,24)25)21-18(23)15-3-7-16(8-4-15)22-12-2-11-20-22/h2-13H,1H3,(H,21,23)(H2,19,24,25). The van der Waals surface area contributed by atoms with Crippen LogP contribution in [0.4, 0.5) is 0 Å². The number of primary sulfonamides is 1. The van der Waals surface area contributed by atoms with Crippen molar-refractivity contribution in [2.24, 2.45) is 5.14 Å². The van der Waals surface area contributed by atoms with E-state index in [-0.39, 0.29) is 16.8 Å². The van der Waals surface area contributed by atoms with Gasteiger partial charge in [-0.15, -0.1) is 0 Å². The predicted octanol–water partition coefficient (Wildman–Crippen LogP) is 2.01. The first-order valence-corrected chi connectivity index (χ1v) is 9.43. The molecule has 134 valence electrons. The third kappa shape index (κ3) is 3.98. The Labute approximate surface area is 151 Å². The van der Waals surface area contributed by atoms with Gasteiger partial charge in [-0.3, -0.25) is 4.79 Å². The maximum atomic E-state index is 12.4. The first-order valence-electron chi connectivity index (χ1n) is 7.88. The predicted molar refractivity (Wildman–Crippen MR) is 97.3 cm³/mol. The van der Waals surface area contributed by atoms with Crippen LogP contribution in [0.3, 0.4) is 0 Å². The number of nitrogens with zero attached hydrogens (tertiary/aromatic N) is 2. The highest BCUT2D eigenvalue weighted by atomic mass is 32.2. The number of sulfonamides is 1. The van der Waals surface area contributed by atoms with E-state index < -0.39 is 10.0 Å². The molecule has 0 saturated carbocycles. The topological polar surface area (TPSA) is 107 Å². The Morgan fingerprint density at radius 1 is 1.12 bits per heavy atom. The molecule has 0 bridgehead atoms. The average molecular weight is 370 g/mol. The van der Waals surface area contributed by atoms with Crippen LogP contribution in [-0.2, 0) is 10.0 Å². The Balaban J connectivity index is 1.69. The van der Waals surface area contributed by atoms with E-state index in [1.165, 1.54) is 12.1 Å². The van der Waals surface area contributed by atoms with Gasteiger partial charge in [0.05, 0.1) is 16.6 Å². The monoisotopic (exact) mass is 370 g/mol. The zero-order valence-electron chi connectivity index (χ0n) is 14.0. The summed E-state index contributed by atoms with van der Waals surface area (Å²) in [6.45, 7) is 1.82. The summed E-state index contributed by atoms with van der Waals surface area (Å²) in [6.07, 6.45) is 3.51. The molecule has 2 aromatic carbocycles. The minimum absolute atomic E-state index is 0.0361. The van der Waals surface area contributed by atoms with Gasteiger partial charge in [0, 0.05) is 18.0 Å². The molecule has 7 nitrogen and oxygen atoms in total. The van der Waals surface area contributed by atoms with Crippen molar-refractivity contribution in [3.8, 4) is 5.69 Å². The molecule has 1 unspecified atom stereocenters. The van der Waals surface area contributed by atoms with Gasteiger partial charge in [-0.25, -0.2) is 18.2 Å². The van der Waals surface area contributed by atoms with Crippen LogP contribution < -0.4 is 10.5 Å². The largest absolute Gasteiger partial charge is 0.346 e. The molecule has 0 saturated heterocycles. The molecule has 26 heavy (non-hydrogen) atoms. The molecule has 1 aromatic heterocycles. The highest BCUT2D eigenvalue weighted by molar-refractivity contribution is 7.89. The second-order valence-corrected chi connectivity index (χ2v) is 7.37. The van der Waals surface area contributed by atoms with Crippen LogP contribution in [0.25, 0.3) is 5.69 Å². The molecule has 0 aliphatic carbocycles. The number of rotatable bonds is 5. The number of benzene rings is 2. The van der Waals surface area contributed by atoms with Crippen molar-refractivity contribution in [3.63, 3.8) is 0 Å². The summed E-state index contributed by atoms with van der Waals surface area (Å²) < 4.78 is 24.3. The van der Waals surface area contributed by atoms with Crippen molar-refractivity contribution in [2.75, 3.05) is 0 Å². The Kier molecular flexibility index (Phi) is 4.88. The molecule has 8 heteroatoms. The van der Waals surface area contributed by atoms with E-state index in [1.807, 2.05) is 31.3 Å². The lowest BCUT2D eigenvalue weighted by Crippen LogP contribution is -2.26. The molecule has 1 amide bonds. The number of carbonyl (C=O) groups excluding carboxylic acids is 1. The van der Waals surface area contributed by atoms with Gasteiger partial charge < -0.3 is 5.32 Å². The summed E-state index contributed by atoms with van der Waals surface area (Å²) in [4.78, 5) is 12.4. The van der Waals surface area contributed by atoms with Gasteiger partial charge in [0.1, 0.15) is 0 Å². The molecule has 3 N–H and O–H groups in total. The first kappa shape index (κ1) is 17.8. The summed E-state index contributed by atoms with van der Waals surface area (Å²) in [5.74, 6) is -0.222. The van der Waals surface area contributed by atoms with Crippen LogP contribution in [0.15, 0.2) is 71.9 Å². The van der Waals surface area contributed by atoms with Gasteiger partial charge in [-0.05, 0) is 55.0 Å². The van der Waals surface area contributed by atoms with Crippen LogP contribution >= 0.6 is 0 Å². The fourth-order valence-corrected chi connectivity index (χ4v) is 3.01. The lowest BCUT2D eigenvalue weighted by Gasteiger charge is -2.15. The zero-order chi connectivity index (χ0) is 18.7. The number of carbonyl (C=O) groups is 1. The van der Waals surface area contributed by atoms with Crippen LogP contribution in [0.5, 0.6) is 0 Å². The molecular formula is C18H18N4O3S. The van der Waals surface area contributed by atoms with Crippen molar-refractivity contribution >= 4 is 15.9 Å². The molecule has 0 aliphatic heterocycles. The van der Waals surface area contributed by atoms with E-state index in [2.05, 4.69) is 10.4 Å². The molecule has 0 spiro atoms. The number of nitrogens with one attached hydrogen (secondary N) is 1. The van der Waals surface area contributed by atoms with Crippen molar-refractivity contribution in [1.29, 1.82) is 0 Å². The van der Waals surface area contributed by atoms with E-state index in [0.29, 0.717) is 5.56 Å². The molecule has 0 aliphatic rings. The summed E-state index contributed by atoms with van der Waals surface area (Å²) in [7, 11) is -3.73. The van der Waals surface area contributed by atoms with Crippen LogP contribution in [0.1, 0.15) is 28.9 Å². The van der Waals surface area contributed by atoms with E-state index in [4.69, 9.17) is 5.14 Å². The summed E-state index contributed by atoms with van der Waals surface area (Å²) >= 11 is 0. The molecule has 3 rings (SSSR count). The Morgan fingerprint density at radius 2 is 1.77 bits per heavy atom. The maximum absolute atomic E-state index is 12.4. The second-order valence-electron chi connectivity index (χ2n) is 5.81. The lowest BCUT2D eigenvalue weighted by molar-refractivity contribution is 0.0940. The minimum Gasteiger partial charge on any atom is -0.346 e. The van der Waals surface area contributed by atoms with Gasteiger partial charge >= 0.3 is 0 Å². The van der Waals surface area contributed by atoms with E-state index in [1.54, 1.807) is 35.1 Å². The molecular weight excluding hydrogens is 352 g/mol.